The Morgan fingerprint density at radius 3 is 2.14 bits per heavy atom. The monoisotopic (exact) mass is 498 g/mol. The summed E-state index contributed by atoms with van der Waals surface area (Å²) in [4.78, 5) is 46.7. The Bertz CT molecular complexity index is 1450. The van der Waals surface area contributed by atoms with E-state index in [9.17, 15) is 19.5 Å². The fourth-order valence-electron chi connectivity index (χ4n) is 3.89. The Labute approximate surface area is 213 Å². The van der Waals surface area contributed by atoms with Crippen molar-refractivity contribution >= 4 is 28.9 Å². The molecule has 4 aromatic rings. The van der Waals surface area contributed by atoms with Crippen LogP contribution in [0.2, 0.25) is 0 Å². The molecule has 0 saturated heterocycles. The first-order valence-electron chi connectivity index (χ1n) is 11.7. The minimum absolute atomic E-state index is 0.0263. The van der Waals surface area contributed by atoms with Gasteiger partial charge in [-0.3, -0.25) is 9.59 Å². The summed E-state index contributed by atoms with van der Waals surface area (Å²) < 4.78 is 8.17. The van der Waals surface area contributed by atoms with Gasteiger partial charge in [-0.05, 0) is 18.1 Å². The van der Waals surface area contributed by atoms with E-state index >= 15 is 0 Å². The number of nitrogens with zero attached hydrogens (tertiary/aromatic N) is 4. The zero-order valence-electron chi connectivity index (χ0n) is 20.5. The first-order chi connectivity index (χ1) is 17.9. The highest BCUT2D eigenvalue weighted by molar-refractivity contribution is 6.53. The average Bonchev–Trinajstić information content (AvgIpc) is 3.53. The normalized spacial score (nSPS) is 11.6. The van der Waals surface area contributed by atoms with E-state index in [0.717, 1.165) is 11.1 Å². The second-order valence-corrected chi connectivity index (χ2v) is 8.29. The Hall–Kier alpha value is -4.79. The van der Waals surface area contributed by atoms with Crippen LogP contribution >= 0.6 is 0 Å². The minimum Gasteiger partial charge on any atom is -0.505 e. The molecule has 0 saturated carbocycles. The fraction of sp³-hybridized carbons (Fsp3) is 0.179. The van der Waals surface area contributed by atoms with E-state index in [1.54, 1.807) is 17.7 Å². The zero-order chi connectivity index (χ0) is 26.4. The zero-order valence-corrected chi connectivity index (χ0v) is 20.5. The molecule has 0 fully saturated rings. The lowest BCUT2D eigenvalue weighted by Gasteiger charge is -2.14. The Morgan fingerprint density at radius 2 is 1.54 bits per heavy atom. The van der Waals surface area contributed by atoms with Gasteiger partial charge in [-0.15, -0.1) is 0 Å². The highest BCUT2D eigenvalue weighted by Gasteiger charge is 2.32. The molecule has 0 radical (unpaired) electrons. The lowest BCUT2D eigenvalue weighted by Crippen LogP contribution is -2.23. The third kappa shape index (κ3) is 5.72. The van der Waals surface area contributed by atoms with Gasteiger partial charge in [0.2, 0.25) is 0 Å². The Balaban J connectivity index is 1.83. The SMILES string of the molecule is CCOC(=O)C(=O)C(=C(O)c1cn(Cc2ccccc2)cn1)c1ncc(C(C)=O)n1Cc1ccccc1. The van der Waals surface area contributed by atoms with Crippen molar-refractivity contribution in [2.24, 2.45) is 0 Å². The summed E-state index contributed by atoms with van der Waals surface area (Å²) in [6.07, 6.45) is 4.40. The molecule has 0 aliphatic rings. The van der Waals surface area contributed by atoms with Gasteiger partial charge in [0.25, 0.3) is 5.78 Å². The van der Waals surface area contributed by atoms with E-state index in [-0.39, 0.29) is 36.1 Å². The molecule has 0 aliphatic carbocycles. The molecule has 1 N–H and O–H groups in total. The maximum Gasteiger partial charge on any atom is 0.379 e. The van der Waals surface area contributed by atoms with Gasteiger partial charge in [-0.1, -0.05) is 60.7 Å². The summed E-state index contributed by atoms with van der Waals surface area (Å²) >= 11 is 0. The molecule has 2 heterocycles. The molecule has 0 aliphatic heterocycles. The van der Waals surface area contributed by atoms with Gasteiger partial charge in [-0.2, -0.15) is 0 Å². The smallest absolute Gasteiger partial charge is 0.379 e. The number of ether oxygens (including phenoxy) is 1. The van der Waals surface area contributed by atoms with Crippen LogP contribution < -0.4 is 0 Å². The number of rotatable bonds is 10. The van der Waals surface area contributed by atoms with Crippen LogP contribution in [0.15, 0.2) is 79.4 Å². The second-order valence-electron chi connectivity index (χ2n) is 8.29. The van der Waals surface area contributed by atoms with Crippen LogP contribution in [-0.4, -0.2) is 48.4 Å². The summed E-state index contributed by atoms with van der Waals surface area (Å²) in [5, 5.41) is 11.3. The lowest BCUT2D eigenvalue weighted by atomic mass is 10.1. The van der Waals surface area contributed by atoms with Gasteiger partial charge in [0.1, 0.15) is 22.8 Å². The van der Waals surface area contributed by atoms with Crippen LogP contribution in [0, 0.1) is 0 Å². The third-order valence-corrected chi connectivity index (χ3v) is 5.63. The average molecular weight is 499 g/mol. The van der Waals surface area contributed by atoms with Crippen LogP contribution in [0.25, 0.3) is 11.3 Å². The highest BCUT2D eigenvalue weighted by atomic mass is 16.5. The first-order valence-corrected chi connectivity index (χ1v) is 11.7. The van der Waals surface area contributed by atoms with Gasteiger partial charge in [-0.25, -0.2) is 14.8 Å². The number of esters is 1. The van der Waals surface area contributed by atoms with Crippen molar-refractivity contribution in [3.63, 3.8) is 0 Å². The van der Waals surface area contributed by atoms with Crippen molar-refractivity contribution in [2.45, 2.75) is 26.9 Å². The molecule has 0 spiro atoms. The number of imidazole rings is 2. The van der Waals surface area contributed by atoms with E-state index in [4.69, 9.17) is 4.74 Å². The van der Waals surface area contributed by atoms with Crippen LogP contribution in [-0.2, 0) is 27.4 Å². The number of hydrogen-bond donors (Lipinski definition) is 1. The second kappa shape index (κ2) is 11.3. The van der Waals surface area contributed by atoms with Crippen molar-refractivity contribution in [3.8, 4) is 0 Å². The van der Waals surface area contributed by atoms with Gasteiger partial charge in [0.05, 0.1) is 19.1 Å². The van der Waals surface area contributed by atoms with E-state index in [2.05, 4.69) is 9.97 Å². The third-order valence-electron chi connectivity index (χ3n) is 5.63. The van der Waals surface area contributed by atoms with Crippen molar-refractivity contribution in [2.75, 3.05) is 6.61 Å². The summed E-state index contributed by atoms with van der Waals surface area (Å²) in [7, 11) is 0. The predicted octanol–water partition coefficient (Wildman–Crippen LogP) is 3.94. The van der Waals surface area contributed by atoms with Crippen LogP contribution in [0.3, 0.4) is 0 Å². The molecule has 2 aromatic heterocycles. The number of aromatic nitrogens is 4. The fourth-order valence-corrected chi connectivity index (χ4v) is 3.89. The highest BCUT2D eigenvalue weighted by Crippen LogP contribution is 2.27. The number of aliphatic hydroxyl groups is 1. The molecule has 9 nitrogen and oxygen atoms in total. The number of carbonyl (C=O) groups excluding carboxylic acids is 3. The van der Waals surface area contributed by atoms with Crippen molar-refractivity contribution < 1.29 is 24.2 Å². The van der Waals surface area contributed by atoms with Crippen LogP contribution in [0.5, 0.6) is 0 Å². The van der Waals surface area contributed by atoms with E-state index in [0.29, 0.717) is 6.54 Å². The van der Waals surface area contributed by atoms with Crippen molar-refractivity contribution in [1.29, 1.82) is 0 Å². The first kappa shape index (κ1) is 25.3. The molecule has 4 rings (SSSR count). The molecule has 0 unspecified atom stereocenters. The van der Waals surface area contributed by atoms with Crippen molar-refractivity contribution in [3.05, 3.63) is 108 Å². The van der Waals surface area contributed by atoms with Gasteiger partial charge >= 0.3 is 5.97 Å². The Kier molecular flexibility index (Phi) is 7.73. The maximum atomic E-state index is 13.3. The number of Topliss-reactive ketones (excluding diaryl/α,β-unsaturated/α-hetero) is 2. The predicted molar refractivity (Wildman–Crippen MR) is 137 cm³/mol. The summed E-state index contributed by atoms with van der Waals surface area (Å²) in [6.45, 7) is 3.59. The van der Waals surface area contributed by atoms with E-state index < -0.39 is 23.1 Å². The molecule has 0 bridgehead atoms. The summed E-state index contributed by atoms with van der Waals surface area (Å²) in [5.41, 5.74) is 1.74. The molecule has 0 amide bonds. The number of carbonyl (C=O) groups is 3. The summed E-state index contributed by atoms with van der Waals surface area (Å²) in [6, 6.07) is 18.9. The molecule has 188 valence electrons. The molecular formula is C28H26N4O5. The molecule has 0 atom stereocenters. The van der Waals surface area contributed by atoms with Crippen LogP contribution in [0.4, 0.5) is 0 Å². The van der Waals surface area contributed by atoms with E-state index in [1.807, 2.05) is 60.7 Å². The van der Waals surface area contributed by atoms with Crippen LogP contribution in [0.1, 0.15) is 47.0 Å². The molecule has 9 heteroatoms. The standard InChI is InChI=1S/C28H26N4O5/c1-3-37-28(36)26(35)24(25(34)22-17-31(18-30-22)15-20-10-6-4-7-11-20)27-29-14-23(19(2)33)32(27)16-21-12-8-5-9-13-21/h4-14,17-18,34H,3,15-16H2,1-2H3. The van der Waals surface area contributed by atoms with Gasteiger partial charge < -0.3 is 19.0 Å². The summed E-state index contributed by atoms with van der Waals surface area (Å²) in [5.74, 6) is -3.11. The number of aliphatic hydroxyl groups excluding tert-OH is 1. The molecule has 2 aromatic carbocycles. The number of ketones is 2. The number of hydrogen-bond acceptors (Lipinski definition) is 7. The molecular weight excluding hydrogens is 472 g/mol. The molecule has 37 heavy (non-hydrogen) atoms. The Morgan fingerprint density at radius 1 is 0.919 bits per heavy atom. The lowest BCUT2D eigenvalue weighted by molar-refractivity contribution is -0.150. The van der Waals surface area contributed by atoms with E-state index in [1.165, 1.54) is 24.0 Å². The number of benzene rings is 2. The quantitative estimate of drug-likeness (QED) is 0.116. The van der Waals surface area contributed by atoms with Gasteiger partial charge in [0.15, 0.2) is 11.5 Å². The van der Waals surface area contributed by atoms with Gasteiger partial charge in [0, 0.05) is 26.2 Å². The minimum atomic E-state index is -1.15. The topological polar surface area (TPSA) is 116 Å². The maximum absolute atomic E-state index is 13.3. The largest absolute Gasteiger partial charge is 0.505 e. The van der Waals surface area contributed by atoms with Crippen molar-refractivity contribution in [1.82, 2.24) is 19.1 Å².